The van der Waals surface area contributed by atoms with Gasteiger partial charge in [0.05, 0.1) is 7.11 Å². The van der Waals surface area contributed by atoms with Gasteiger partial charge in [-0.2, -0.15) is 0 Å². The van der Waals surface area contributed by atoms with Crippen molar-refractivity contribution in [1.82, 2.24) is 9.88 Å². The average Bonchev–Trinajstić information content (AvgIpc) is 3.24. The summed E-state index contributed by atoms with van der Waals surface area (Å²) in [6.07, 6.45) is 9.78. The fourth-order valence-electron chi connectivity index (χ4n) is 3.64. The van der Waals surface area contributed by atoms with E-state index < -0.39 is 0 Å². The van der Waals surface area contributed by atoms with Gasteiger partial charge in [0.15, 0.2) is 11.8 Å². The van der Waals surface area contributed by atoms with Gasteiger partial charge >= 0.3 is 0 Å². The number of hydrogen-bond acceptors (Lipinski definition) is 5. The van der Waals surface area contributed by atoms with Crippen molar-refractivity contribution in [2.24, 2.45) is 0 Å². The molecular formula is C27H36N2O3. The molecule has 0 saturated carbocycles. The molecular weight excluding hydrogens is 400 g/mol. The maximum atomic E-state index is 6.36. The summed E-state index contributed by atoms with van der Waals surface area (Å²) < 4.78 is 17.4. The molecule has 5 heteroatoms. The molecule has 0 aliphatic rings. The molecule has 0 aliphatic carbocycles. The predicted octanol–water partition coefficient (Wildman–Crippen LogP) is 7.02. The zero-order chi connectivity index (χ0) is 22.8. The molecule has 0 aliphatic heterocycles. The van der Waals surface area contributed by atoms with E-state index in [1.54, 1.807) is 7.11 Å². The molecule has 1 atom stereocenters. The molecule has 0 saturated heterocycles. The Labute approximate surface area is 192 Å². The third-order valence-corrected chi connectivity index (χ3v) is 5.54. The van der Waals surface area contributed by atoms with E-state index >= 15 is 0 Å². The number of ether oxygens (including phenoxy) is 2. The number of methoxy groups -OCH3 is 1. The van der Waals surface area contributed by atoms with Crippen molar-refractivity contribution < 1.29 is 13.9 Å². The minimum absolute atomic E-state index is 0.117. The van der Waals surface area contributed by atoms with Crippen LogP contribution >= 0.6 is 0 Å². The summed E-state index contributed by atoms with van der Waals surface area (Å²) in [5, 5.41) is 0. The zero-order valence-corrected chi connectivity index (χ0v) is 19.8. The number of unbranched alkanes of at least 4 members (excludes halogenated alkanes) is 2. The van der Waals surface area contributed by atoms with E-state index in [-0.39, 0.29) is 6.23 Å². The van der Waals surface area contributed by atoms with Gasteiger partial charge in [0.25, 0.3) is 0 Å². The van der Waals surface area contributed by atoms with Crippen LogP contribution in [0.15, 0.2) is 46.9 Å². The second-order valence-electron chi connectivity index (χ2n) is 8.01. The number of fused-ring (bicyclic) bond motifs is 1. The van der Waals surface area contributed by atoms with Crippen LogP contribution in [0.5, 0.6) is 11.5 Å². The number of rotatable bonds is 13. The summed E-state index contributed by atoms with van der Waals surface area (Å²) in [6.45, 7) is 8.86. The van der Waals surface area contributed by atoms with E-state index in [1.165, 1.54) is 25.7 Å². The Balaban J connectivity index is 1.64. The first kappa shape index (κ1) is 23.9. The molecule has 3 rings (SSSR count). The second kappa shape index (κ2) is 12.3. The third-order valence-electron chi connectivity index (χ3n) is 5.54. The summed E-state index contributed by atoms with van der Waals surface area (Å²) in [5.41, 5.74) is 2.60. The molecule has 0 fully saturated rings. The molecule has 3 aromatic rings. The SMILES string of the molecule is CCCCN(CCCC)C(CC)Oc1ccc(/C=C/c2nc3ccc(OC)cc3o2)cc1. The van der Waals surface area contributed by atoms with Crippen molar-refractivity contribution in [3.05, 3.63) is 53.9 Å². The van der Waals surface area contributed by atoms with Crippen molar-refractivity contribution >= 4 is 23.3 Å². The second-order valence-corrected chi connectivity index (χ2v) is 8.01. The molecule has 1 unspecified atom stereocenters. The number of nitrogens with zero attached hydrogens (tertiary/aromatic N) is 2. The van der Waals surface area contributed by atoms with Crippen LogP contribution in [-0.2, 0) is 0 Å². The number of hydrogen-bond donors (Lipinski definition) is 0. The number of aromatic nitrogens is 1. The van der Waals surface area contributed by atoms with Gasteiger partial charge < -0.3 is 13.9 Å². The Bertz CT molecular complexity index is 970. The monoisotopic (exact) mass is 436 g/mol. The first-order valence-corrected chi connectivity index (χ1v) is 11.8. The lowest BCUT2D eigenvalue weighted by Crippen LogP contribution is -2.40. The highest BCUT2D eigenvalue weighted by Gasteiger charge is 2.17. The molecule has 0 N–H and O–H groups in total. The van der Waals surface area contributed by atoms with Crippen molar-refractivity contribution in [2.75, 3.05) is 20.2 Å². The van der Waals surface area contributed by atoms with Gasteiger partial charge in [-0.3, -0.25) is 4.90 Å². The quantitative estimate of drug-likeness (QED) is 0.269. The molecule has 1 heterocycles. The highest BCUT2D eigenvalue weighted by atomic mass is 16.5. The van der Waals surface area contributed by atoms with Gasteiger partial charge in [-0.1, -0.05) is 45.7 Å². The lowest BCUT2D eigenvalue weighted by atomic mass is 10.2. The van der Waals surface area contributed by atoms with Crippen LogP contribution in [0.4, 0.5) is 0 Å². The molecule has 0 spiro atoms. The van der Waals surface area contributed by atoms with Crippen LogP contribution in [0.1, 0.15) is 64.3 Å². The summed E-state index contributed by atoms with van der Waals surface area (Å²) in [5.74, 6) is 2.23. The molecule has 172 valence electrons. The van der Waals surface area contributed by atoms with Gasteiger partial charge in [0.2, 0.25) is 5.89 Å². The van der Waals surface area contributed by atoms with Crippen LogP contribution in [0.2, 0.25) is 0 Å². The Morgan fingerprint density at radius 1 is 0.938 bits per heavy atom. The molecule has 1 aromatic heterocycles. The molecule has 0 bridgehead atoms. The summed E-state index contributed by atoms with van der Waals surface area (Å²) in [7, 11) is 1.64. The predicted molar refractivity (Wildman–Crippen MR) is 132 cm³/mol. The minimum Gasteiger partial charge on any atom is -0.497 e. The Kier molecular flexibility index (Phi) is 9.17. The Morgan fingerprint density at radius 3 is 2.25 bits per heavy atom. The lowest BCUT2D eigenvalue weighted by molar-refractivity contribution is 0.0202. The molecule has 5 nitrogen and oxygen atoms in total. The first-order valence-electron chi connectivity index (χ1n) is 11.8. The highest BCUT2D eigenvalue weighted by Crippen LogP contribution is 2.23. The number of oxazole rings is 1. The van der Waals surface area contributed by atoms with Crippen LogP contribution in [0.3, 0.4) is 0 Å². The van der Waals surface area contributed by atoms with Crippen molar-refractivity contribution in [2.45, 2.75) is 59.1 Å². The van der Waals surface area contributed by atoms with Gasteiger partial charge in [0.1, 0.15) is 17.0 Å². The molecule has 0 amide bonds. The summed E-state index contributed by atoms with van der Waals surface area (Å²) in [6, 6.07) is 13.8. The van der Waals surface area contributed by atoms with Gasteiger partial charge in [-0.15, -0.1) is 0 Å². The third kappa shape index (κ3) is 6.60. The smallest absolute Gasteiger partial charge is 0.220 e. The van der Waals surface area contributed by atoms with Gasteiger partial charge in [0, 0.05) is 25.2 Å². The maximum absolute atomic E-state index is 6.36. The lowest BCUT2D eigenvalue weighted by Gasteiger charge is -2.31. The van der Waals surface area contributed by atoms with Crippen molar-refractivity contribution in [3.8, 4) is 11.5 Å². The first-order chi connectivity index (χ1) is 15.7. The van der Waals surface area contributed by atoms with Crippen molar-refractivity contribution in [1.29, 1.82) is 0 Å². The number of benzene rings is 2. The fraction of sp³-hybridized carbons (Fsp3) is 0.444. The normalized spacial score (nSPS) is 12.7. The average molecular weight is 437 g/mol. The van der Waals surface area contributed by atoms with E-state index in [4.69, 9.17) is 13.9 Å². The van der Waals surface area contributed by atoms with Gasteiger partial charge in [-0.05, 0) is 55.2 Å². The highest BCUT2D eigenvalue weighted by molar-refractivity contribution is 5.77. The van der Waals surface area contributed by atoms with E-state index in [0.717, 1.165) is 42.1 Å². The van der Waals surface area contributed by atoms with Crippen LogP contribution in [-0.4, -0.2) is 36.3 Å². The van der Waals surface area contributed by atoms with E-state index in [9.17, 15) is 0 Å². The largest absolute Gasteiger partial charge is 0.497 e. The van der Waals surface area contributed by atoms with Crippen LogP contribution in [0, 0.1) is 0 Å². The van der Waals surface area contributed by atoms with E-state index in [2.05, 4.69) is 42.8 Å². The fourth-order valence-corrected chi connectivity index (χ4v) is 3.64. The van der Waals surface area contributed by atoms with E-state index in [0.29, 0.717) is 11.5 Å². The Hall–Kier alpha value is -2.79. The maximum Gasteiger partial charge on any atom is 0.220 e. The van der Waals surface area contributed by atoms with Crippen LogP contribution < -0.4 is 9.47 Å². The zero-order valence-electron chi connectivity index (χ0n) is 19.8. The standard InChI is InChI=1S/C27H36N2O3/c1-5-8-18-29(19-9-6-2)27(7-3)31-22-13-10-21(11-14-22)12-17-26-28-24-16-15-23(30-4)20-25(24)32-26/h10-17,20,27H,5-9,18-19H2,1-4H3/b17-12+. The van der Waals surface area contributed by atoms with Crippen LogP contribution in [0.25, 0.3) is 23.3 Å². The Morgan fingerprint density at radius 2 is 1.62 bits per heavy atom. The van der Waals surface area contributed by atoms with Gasteiger partial charge in [-0.25, -0.2) is 4.98 Å². The molecule has 2 aromatic carbocycles. The van der Waals surface area contributed by atoms with E-state index in [1.807, 2.05) is 42.5 Å². The minimum atomic E-state index is 0.117. The molecule has 32 heavy (non-hydrogen) atoms. The topological polar surface area (TPSA) is 47.7 Å². The molecule has 0 radical (unpaired) electrons. The van der Waals surface area contributed by atoms with Crippen molar-refractivity contribution in [3.63, 3.8) is 0 Å². The summed E-state index contributed by atoms with van der Waals surface area (Å²) in [4.78, 5) is 6.99. The summed E-state index contributed by atoms with van der Waals surface area (Å²) >= 11 is 0.